The van der Waals surface area contributed by atoms with Gasteiger partial charge in [-0.25, -0.2) is 17.5 Å². The van der Waals surface area contributed by atoms with Gasteiger partial charge in [0, 0.05) is 24.7 Å². The SMILES string of the molecule is Cc1ccc(NC(=O)COC(=O)c2ccc3c(c2)NC(=O)CS3)cc1S(=O)(=O)N(C)C. The number of rotatable bonds is 6. The number of ether oxygens (including phenoxy) is 1. The Morgan fingerprint density at radius 1 is 1.19 bits per heavy atom. The first kappa shape index (κ1) is 22.8. The molecule has 0 aliphatic carbocycles. The van der Waals surface area contributed by atoms with E-state index in [2.05, 4.69) is 10.6 Å². The average Bonchev–Trinajstić information content (AvgIpc) is 2.72. The normalized spacial score (nSPS) is 13.4. The molecular weight excluding hydrogens is 442 g/mol. The van der Waals surface area contributed by atoms with Crippen molar-refractivity contribution in [3.63, 3.8) is 0 Å². The van der Waals surface area contributed by atoms with Gasteiger partial charge in [0.2, 0.25) is 15.9 Å². The molecule has 2 aromatic rings. The number of sulfonamides is 1. The van der Waals surface area contributed by atoms with Gasteiger partial charge in [-0.3, -0.25) is 9.59 Å². The summed E-state index contributed by atoms with van der Waals surface area (Å²) in [7, 11) is -0.832. The van der Waals surface area contributed by atoms with E-state index in [4.69, 9.17) is 4.74 Å². The zero-order valence-corrected chi connectivity index (χ0v) is 18.7. The molecule has 0 unspecified atom stereocenters. The largest absolute Gasteiger partial charge is 0.452 e. The Morgan fingerprint density at radius 2 is 1.94 bits per heavy atom. The van der Waals surface area contributed by atoms with Crippen LogP contribution in [0.2, 0.25) is 0 Å². The van der Waals surface area contributed by atoms with E-state index >= 15 is 0 Å². The fourth-order valence-corrected chi connectivity index (χ4v) is 4.71. The highest BCUT2D eigenvalue weighted by atomic mass is 32.2. The first-order valence-corrected chi connectivity index (χ1v) is 11.6. The minimum Gasteiger partial charge on any atom is -0.452 e. The van der Waals surface area contributed by atoms with Gasteiger partial charge in [0.15, 0.2) is 6.61 Å². The van der Waals surface area contributed by atoms with Gasteiger partial charge in [-0.1, -0.05) is 6.07 Å². The molecule has 11 heteroatoms. The number of anilines is 2. The molecule has 0 spiro atoms. The maximum atomic E-state index is 12.4. The van der Waals surface area contributed by atoms with Crippen LogP contribution in [0.25, 0.3) is 0 Å². The van der Waals surface area contributed by atoms with Crippen molar-refractivity contribution in [3.05, 3.63) is 47.5 Å². The zero-order valence-electron chi connectivity index (χ0n) is 17.1. The van der Waals surface area contributed by atoms with Crippen LogP contribution in [0.15, 0.2) is 46.2 Å². The molecule has 3 rings (SSSR count). The van der Waals surface area contributed by atoms with Gasteiger partial charge < -0.3 is 15.4 Å². The monoisotopic (exact) mass is 463 g/mol. The lowest BCUT2D eigenvalue weighted by molar-refractivity contribution is -0.119. The third kappa shape index (κ3) is 5.24. The number of nitrogens with zero attached hydrogens (tertiary/aromatic N) is 1. The number of hydrogen-bond donors (Lipinski definition) is 2. The van der Waals surface area contributed by atoms with E-state index in [-0.39, 0.29) is 22.1 Å². The molecule has 1 aliphatic rings. The summed E-state index contributed by atoms with van der Waals surface area (Å²) in [5.74, 6) is -1.18. The lowest BCUT2D eigenvalue weighted by Gasteiger charge is -2.16. The van der Waals surface area contributed by atoms with Gasteiger partial charge in [0.1, 0.15) is 0 Å². The lowest BCUT2D eigenvalue weighted by Crippen LogP contribution is -2.24. The number of fused-ring (bicyclic) bond motifs is 1. The molecule has 0 saturated heterocycles. The van der Waals surface area contributed by atoms with Gasteiger partial charge in [-0.05, 0) is 42.8 Å². The predicted molar refractivity (Wildman–Crippen MR) is 117 cm³/mol. The molecule has 31 heavy (non-hydrogen) atoms. The fraction of sp³-hybridized carbons (Fsp3) is 0.250. The van der Waals surface area contributed by atoms with Crippen molar-refractivity contribution < 1.29 is 27.5 Å². The third-order valence-corrected chi connectivity index (χ3v) is 7.44. The number of carbonyl (C=O) groups is 3. The summed E-state index contributed by atoms with van der Waals surface area (Å²) < 4.78 is 30.9. The molecule has 2 N–H and O–H groups in total. The highest BCUT2D eigenvalue weighted by molar-refractivity contribution is 8.00. The van der Waals surface area contributed by atoms with E-state index in [0.29, 0.717) is 17.0 Å². The van der Waals surface area contributed by atoms with Crippen molar-refractivity contribution in [1.29, 1.82) is 0 Å². The summed E-state index contributed by atoms with van der Waals surface area (Å²) >= 11 is 1.37. The van der Waals surface area contributed by atoms with Crippen LogP contribution < -0.4 is 10.6 Å². The maximum absolute atomic E-state index is 12.4. The number of esters is 1. The van der Waals surface area contributed by atoms with E-state index in [1.165, 1.54) is 38.0 Å². The van der Waals surface area contributed by atoms with E-state index < -0.39 is 28.5 Å². The molecule has 2 amide bonds. The molecule has 0 radical (unpaired) electrons. The molecule has 1 heterocycles. The molecule has 0 atom stereocenters. The van der Waals surface area contributed by atoms with Crippen molar-refractivity contribution in [1.82, 2.24) is 4.31 Å². The minimum absolute atomic E-state index is 0.0706. The second-order valence-electron chi connectivity index (χ2n) is 6.94. The second kappa shape index (κ2) is 9.08. The maximum Gasteiger partial charge on any atom is 0.338 e. The Morgan fingerprint density at radius 3 is 2.65 bits per heavy atom. The first-order chi connectivity index (χ1) is 14.6. The number of hydrogen-bond acceptors (Lipinski definition) is 7. The summed E-state index contributed by atoms with van der Waals surface area (Å²) in [6.45, 7) is 1.10. The van der Waals surface area contributed by atoms with Gasteiger partial charge in [-0.15, -0.1) is 11.8 Å². The number of benzene rings is 2. The van der Waals surface area contributed by atoms with Crippen LogP contribution in [0.4, 0.5) is 11.4 Å². The Kier molecular flexibility index (Phi) is 6.68. The van der Waals surface area contributed by atoms with Gasteiger partial charge in [0.05, 0.1) is 21.9 Å². The van der Waals surface area contributed by atoms with Crippen LogP contribution >= 0.6 is 11.8 Å². The third-order valence-electron chi connectivity index (χ3n) is 4.41. The average molecular weight is 464 g/mol. The fourth-order valence-electron chi connectivity index (χ4n) is 2.77. The van der Waals surface area contributed by atoms with Crippen LogP contribution in [-0.2, 0) is 24.3 Å². The second-order valence-corrected chi connectivity index (χ2v) is 10.1. The number of nitrogens with one attached hydrogen (secondary N) is 2. The van der Waals surface area contributed by atoms with Crippen LogP contribution in [0.3, 0.4) is 0 Å². The summed E-state index contributed by atoms with van der Waals surface area (Å²) in [5.41, 5.74) is 1.52. The highest BCUT2D eigenvalue weighted by Gasteiger charge is 2.21. The van der Waals surface area contributed by atoms with Crippen molar-refractivity contribution >= 4 is 50.9 Å². The van der Waals surface area contributed by atoms with Crippen LogP contribution in [0, 0.1) is 6.92 Å². The van der Waals surface area contributed by atoms with Crippen molar-refractivity contribution in [2.75, 3.05) is 37.1 Å². The van der Waals surface area contributed by atoms with E-state index in [9.17, 15) is 22.8 Å². The smallest absolute Gasteiger partial charge is 0.338 e. The number of carbonyl (C=O) groups excluding carboxylic acids is 3. The Bertz CT molecular complexity index is 1160. The first-order valence-electron chi connectivity index (χ1n) is 9.15. The number of thioether (sulfide) groups is 1. The summed E-state index contributed by atoms with van der Waals surface area (Å²) in [6.07, 6.45) is 0. The summed E-state index contributed by atoms with van der Waals surface area (Å²) in [4.78, 5) is 36.9. The van der Waals surface area contributed by atoms with E-state index in [1.807, 2.05) is 0 Å². The lowest BCUT2D eigenvalue weighted by atomic mass is 10.2. The molecular formula is C20H21N3O6S2. The quantitative estimate of drug-likeness (QED) is 0.629. The van der Waals surface area contributed by atoms with Crippen molar-refractivity contribution in [2.45, 2.75) is 16.7 Å². The number of aryl methyl sites for hydroxylation is 1. The van der Waals surface area contributed by atoms with Crippen LogP contribution in [0.1, 0.15) is 15.9 Å². The Labute approximate surface area is 184 Å². The Balaban J connectivity index is 1.64. The van der Waals surface area contributed by atoms with Gasteiger partial charge in [0.25, 0.3) is 5.91 Å². The molecule has 0 bridgehead atoms. The Hall–Kier alpha value is -2.89. The standard InChI is InChI=1S/C20H21N3O6S2/c1-12-4-6-14(9-17(12)31(27,28)23(2)3)21-18(24)10-29-20(26)13-5-7-16-15(8-13)22-19(25)11-30-16/h4-9H,10-11H2,1-3H3,(H,21,24)(H,22,25). The zero-order chi connectivity index (χ0) is 22.8. The number of amides is 2. The van der Waals surface area contributed by atoms with E-state index in [0.717, 1.165) is 9.20 Å². The molecule has 0 aromatic heterocycles. The molecule has 0 saturated carbocycles. The van der Waals surface area contributed by atoms with Crippen molar-refractivity contribution in [3.8, 4) is 0 Å². The van der Waals surface area contributed by atoms with E-state index in [1.54, 1.807) is 31.2 Å². The molecule has 164 valence electrons. The summed E-state index contributed by atoms with van der Waals surface area (Å²) in [6, 6.07) is 9.26. The molecule has 9 nitrogen and oxygen atoms in total. The predicted octanol–water partition coefficient (Wildman–Crippen LogP) is 2.09. The summed E-state index contributed by atoms with van der Waals surface area (Å²) in [5, 5.41) is 5.21. The topological polar surface area (TPSA) is 122 Å². The minimum atomic E-state index is -3.67. The van der Waals surface area contributed by atoms with Gasteiger partial charge >= 0.3 is 5.97 Å². The molecule has 0 fully saturated rings. The van der Waals surface area contributed by atoms with Crippen LogP contribution in [0.5, 0.6) is 0 Å². The highest BCUT2D eigenvalue weighted by Crippen LogP contribution is 2.32. The van der Waals surface area contributed by atoms with Gasteiger partial charge in [-0.2, -0.15) is 0 Å². The molecule has 1 aliphatic heterocycles. The van der Waals surface area contributed by atoms with Crippen LogP contribution in [-0.4, -0.2) is 57.0 Å². The van der Waals surface area contributed by atoms with Crippen molar-refractivity contribution in [2.24, 2.45) is 0 Å². The molecule has 2 aromatic carbocycles.